The summed E-state index contributed by atoms with van der Waals surface area (Å²) in [6.45, 7) is 1.04. The zero-order valence-electron chi connectivity index (χ0n) is 10.7. The van der Waals surface area contributed by atoms with Crippen molar-refractivity contribution in [1.29, 1.82) is 0 Å². The lowest BCUT2D eigenvalue weighted by Gasteiger charge is -2.09. The van der Waals surface area contributed by atoms with E-state index in [1.807, 2.05) is 12.1 Å². The Balaban J connectivity index is 1.74. The van der Waals surface area contributed by atoms with E-state index in [4.69, 9.17) is 9.47 Å². The summed E-state index contributed by atoms with van der Waals surface area (Å²) in [5.74, 6) is 1.69. The van der Waals surface area contributed by atoms with Gasteiger partial charge >= 0.3 is 0 Å². The average Bonchev–Trinajstić information content (AvgIpc) is 2.94. The molecule has 0 unspecified atom stereocenters. The monoisotopic (exact) mass is 273 g/mol. The molecule has 3 rings (SSSR count). The molecule has 19 heavy (non-hydrogen) atoms. The third kappa shape index (κ3) is 2.63. The van der Waals surface area contributed by atoms with Crippen molar-refractivity contribution >= 4 is 17.4 Å². The van der Waals surface area contributed by atoms with Gasteiger partial charge < -0.3 is 14.8 Å². The van der Waals surface area contributed by atoms with Gasteiger partial charge in [-0.05, 0) is 30.5 Å². The summed E-state index contributed by atoms with van der Waals surface area (Å²) in [4.78, 5) is 1.25. The lowest BCUT2D eigenvalue weighted by molar-refractivity contribution is 0.173. The molecule has 0 aliphatic carbocycles. The maximum Gasteiger partial charge on any atom is 0.231 e. The molecule has 0 saturated heterocycles. The molecule has 2 aromatic carbocycles. The summed E-state index contributed by atoms with van der Waals surface area (Å²) in [7, 11) is 0. The van der Waals surface area contributed by atoms with Gasteiger partial charge in [-0.2, -0.15) is 0 Å². The summed E-state index contributed by atoms with van der Waals surface area (Å²) < 4.78 is 10.9. The van der Waals surface area contributed by atoms with Gasteiger partial charge in [0.1, 0.15) is 0 Å². The van der Waals surface area contributed by atoms with Gasteiger partial charge in [-0.3, -0.25) is 0 Å². The van der Waals surface area contributed by atoms with Crippen LogP contribution in [0.2, 0.25) is 0 Å². The van der Waals surface area contributed by atoms with Crippen LogP contribution in [-0.2, 0) is 6.54 Å². The second-order valence-electron chi connectivity index (χ2n) is 4.24. The molecule has 0 aromatic heterocycles. The Hall–Kier alpha value is -1.81. The second kappa shape index (κ2) is 5.45. The minimum atomic E-state index is 0.314. The molecule has 0 atom stereocenters. The van der Waals surface area contributed by atoms with Crippen molar-refractivity contribution in [3.8, 4) is 11.5 Å². The largest absolute Gasteiger partial charge is 0.454 e. The number of nitrogens with one attached hydrogen (secondary N) is 1. The molecule has 1 heterocycles. The first kappa shape index (κ1) is 12.2. The molecular weight excluding hydrogens is 258 g/mol. The molecule has 1 aliphatic rings. The highest BCUT2D eigenvalue weighted by Crippen LogP contribution is 2.35. The Morgan fingerprint density at radius 3 is 2.95 bits per heavy atom. The van der Waals surface area contributed by atoms with Gasteiger partial charge in [0.05, 0.1) is 0 Å². The third-order valence-electron chi connectivity index (χ3n) is 3.03. The van der Waals surface area contributed by atoms with E-state index in [9.17, 15) is 0 Å². The minimum Gasteiger partial charge on any atom is -0.454 e. The van der Waals surface area contributed by atoms with Crippen LogP contribution in [0.3, 0.4) is 0 Å². The zero-order chi connectivity index (χ0) is 13.1. The third-order valence-corrected chi connectivity index (χ3v) is 3.76. The number of ether oxygens (including phenoxy) is 2. The van der Waals surface area contributed by atoms with Crippen LogP contribution in [0.4, 0.5) is 5.69 Å². The van der Waals surface area contributed by atoms with Gasteiger partial charge in [-0.25, -0.2) is 0 Å². The number of hydrogen-bond donors (Lipinski definition) is 1. The average molecular weight is 273 g/mol. The number of rotatable bonds is 4. The Bertz CT molecular complexity index is 586. The van der Waals surface area contributed by atoms with Crippen LogP contribution in [0.25, 0.3) is 0 Å². The Kier molecular flexibility index (Phi) is 3.51. The quantitative estimate of drug-likeness (QED) is 0.859. The molecule has 0 saturated carbocycles. The molecule has 0 spiro atoms. The van der Waals surface area contributed by atoms with E-state index in [0.29, 0.717) is 6.79 Å². The van der Waals surface area contributed by atoms with Gasteiger partial charge in [0.15, 0.2) is 11.5 Å². The van der Waals surface area contributed by atoms with Gasteiger partial charge in [-0.15, -0.1) is 11.8 Å². The highest BCUT2D eigenvalue weighted by molar-refractivity contribution is 7.98. The molecule has 0 amide bonds. The fourth-order valence-electron chi connectivity index (χ4n) is 2.06. The van der Waals surface area contributed by atoms with Crippen LogP contribution in [0.15, 0.2) is 47.4 Å². The summed E-state index contributed by atoms with van der Waals surface area (Å²) >= 11 is 1.74. The zero-order valence-corrected chi connectivity index (χ0v) is 11.5. The first-order valence-electron chi connectivity index (χ1n) is 6.12. The Labute approximate surface area is 116 Å². The first-order valence-corrected chi connectivity index (χ1v) is 7.35. The fraction of sp³-hybridized carbons (Fsp3) is 0.200. The number of thioether (sulfide) groups is 1. The number of anilines is 1. The van der Waals surface area contributed by atoms with E-state index in [2.05, 4.69) is 41.9 Å². The van der Waals surface area contributed by atoms with E-state index in [1.54, 1.807) is 11.8 Å². The lowest BCUT2D eigenvalue weighted by Crippen LogP contribution is -2.01. The van der Waals surface area contributed by atoms with Crippen molar-refractivity contribution in [1.82, 2.24) is 0 Å². The predicted octanol–water partition coefficient (Wildman–Crippen LogP) is 3.75. The van der Waals surface area contributed by atoms with Gasteiger partial charge in [0.25, 0.3) is 0 Å². The van der Waals surface area contributed by atoms with E-state index < -0.39 is 0 Å². The minimum absolute atomic E-state index is 0.314. The predicted molar refractivity (Wildman–Crippen MR) is 78.1 cm³/mol. The maximum atomic E-state index is 5.50. The van der Waals surface area contributed by atoms with Crippen LogP contribution < -0.4 is 14.8 Å². The van der Waals surface area contributed by atoms with Crippen LogP contribution in [0.1, 0.15) is 5.56 Å². The molecule has 1 aliphatic heterocycles. The van der Waals surface area contributed by atoms with E-state index in [0.717, 1.165) is 29.3 Å². The molecule has 0 radical (unpaired) electrons. The summed E-state index contributed by atoms with van der Waals surface area (Å²) in [5, 5.41) is 3.42. The highest BCUT2D eigenvalue weighted by atomic mass is 32.2. The fourth-order valence-corrected chi connectivity index (χ4v) is 2.52. The van der Waals surface area contributed by atoms with Crippen LogP contribution >= 0.6 is 11.8 Å². The van der Waals surface area contributed by atoms with Gasteiger partial charge in [0.2, 0.25) is 6.79 Å². The first-order chi connectivity index (χ1) is 9.36. The van der Waals surface area contributed by atoms with Gasteiger partial charge in [-0.1, -0.05) is 18.2 Å². The van der Waals surface area contributed by atoms with Crippen molar-refractivity contribution in [2.45, 2.75) is 11.4 Å². The molecule has 0 fully saturated rings. The normalized spacial score (nSPS) is 12.5. The summed E-state index contributed by atoms with van der Waals surface area (Å²) in [6.07, 6.45) is 2.08. The van der Waals surface area contributed by atoms with E-state index >= 15 is 0 Å². The number of hydrogen-bond acceptors (Lipinski definition) is 4. The van der Waals surface area contributed by atoms with Gasteiger partial charge in [0, 0.05) is 22.7 Å². The molecule has 0 bridgehead atoms. The number of benzene rings is 2. The van der Waals surface area contributed by atoms with E-state index in [1.165, 1.54) is 4.90 Å². The lowest BCUT2D eigenvalue weighted by atomic mass is 10.2. The van der Waals surface area contributed by atoms with Crippen LogP contribution in [0, 0.1) is 0 Å². The molecule has 3 nitrogen and oxygen atoms in total. The van der Waals surface area contributed by atoms with Crippen molar-refractivity contribution < 1.29 is 9.47 Å². The smallest absolute Gasteiger partial charge is 0.231 e. The second-order valence-corrected chi connectivity index (χ2v) is 5.12. The van der Waals surface area contributed by atoms with Crippen molar-refractivity contribution in [2.24, 2.45) is 0 Å². The van der Waals surface area contributed by atoms with Crippen molar-refractivity contribution in [3.05, 3.63) is 48.0 Å². The van der Waals surface area contributed by atoms with Crippen molar-refractivity contribution in [2.75, 3.05) is 18.4 Å². The molecule has 2 aromatic rings. The molecule has 1 N–H and O–H groups in total. The molecule has 4 heteroatoms. The number of fused-ring (bicyclic) bond motifs is 1. The Morgan fingerprint density at radius 2 is 2.05 bits per heavy atom. The summed E-state index contributed by atoms with van der Waals surface area (Å²) in [5.41, 5.74) is 2.23. The topological polar surface area (TPSA) is 30.5 Å². The highest BCUT2D eigenvalue weighted by Gasteiger charge is 2.16. The van der Waals surface area contributed by atoms with Crippen molar-refractivity contribution in [3.63, 3.8) is 0 Å². The molecule has 98 valence electrons. The maximum absolute atomic E-state index is 5.50. The van der Waals surface area contributed by atoms with Crippen LogP contribution in [-0.4, -0.2) is 13.0 Å². The standard InChI is InChI=1S/C15H15NO2S/c1-19-13-6-3-5-12(8-13)16-9-11-4-2-7-14-15(11)18-10-17-14/h2-8,16H,9-10H2,1H3. The Morgan fingerprint density at radius 1 is 1.16 bits per heavy atom. The van der Waals surface area contributed by atoms with Crippen LogP contribution in [0.5, 0.6) is 11.5 Å². The number of para-hydroxylation sites is 1. The van der Waals surface area contributed by atoms with E-state index in [-0.39, 0.29) is 0 Å². The summed E-state index contributed by atoms with van der Waals surface area (Å²) in [6, 6.07) is 14.4. The SMILES string of the molecule is CSc1cccc(NCc2cccc3c2OCO3)c1. The molecular formula is C15H15NO2S.